The van der Waals surface area contributed by atoms with Gasteiger partial charge in [0.1, 0.15) is 5.82 Å². The molecule has 4 rings (SSSR count). The van der Waals surface area contributed by atoms with Gasteiger partial charge in [-0.1, -0.05) is 0 Å². The zero-order valence-corrected chi connectivity index (χ0v) is 17.4. The highest BCUT2D eigenvalue weighted by molar-refractivity contribution is 5.81. The molecule has 1 amide bonds. The molecule has 0 radical (unpaired) electrons. The molecule has 2 unspecified atom stereocenters. The lowest BCUT2D eigenvalue weighted by Crippen LogP contribution is -2.36. The molecule has 2 aromatic heterocycles. The fourth-order valence-corrected chi connectivity index (χ4v) is 4.18. The Morgan fingerprint density at radius 2 is 2.03 bits per heavy atom. The number of likely N-dealkylation sites (tertiary alicyclic amines) is 1. The van der Waals surface area contributed by atoms with Gasteiger partial charge in [0.15, 0.2) is 5.82 Å². The molecule has 31 heavy (non-hydrogen) atoms. The number of esters is 1. The zero-order chi connectivity index (χ0) is 22.1. The van der Waals surface area contributed by atoms with Crippen LogP contribution in [0.15, 0.2) is 29.3 Å². The van der Waals surface area contributed by atoms with Crippen molar-refractivity contribution in [3.05, 3.63) is 46.5 Å². The van der Waals surface area contributed by atoms with E-state index in [4.69, 9.17) is 0 Å². The van der Waals surface area contributed by atoms with Crippen LogP contribution in [-0.4, -0.2) is 57.6 Å². The number of piperidine rings is 1. The lowest BCUT2D eigenvalue weighted by molar-refractivity contribution is -0.143. The highest BCUT2D eigenvalue weighted by Gasteiger charge is 2.56. The van der Waals surface area contributed by atoms with Crippen LogP contribution >= 0.6 is 0 Å². The number of hydrogen-bond donors (Lipinski definition) is 1. The Labute approximate surface area is 178 Å². The lowest BCUT2D eigenvalue weighted by atomic mass is 10.2. The van der Waals surface area contributed by atoms with E-state index in [2.05, 4.69) is 20.0 Å². The third-order valence-corrected chi connectivity index (χ3v) is 6.09. The molecule has 0 spiro atoms. The summed E-state index contributed by atoms with van der Waals surface area (Å²) in [6.07, 6.45) is 2.81. The van der Waals surface area contributed by atoms with Gasteiger partial charge in [-0.15, -0.1) is 0 Å². The average molecular weight is 429 g/mol. The second-order valence-corrected chi connectivity index (χ2v) is 7.92. The first kappa shape index (κ1) is 21.1. The number of hydrogen-bond acceptors (Lipinski definition) is 7. The summed E-state index contributed by atoms with van der Waals surface area (Å²) in [6.45, 7) is 1.66. The number of rotatable bonds is 7. The van der Waals surface area contributed by atoms with E-state index in [1.165, 1.54) is 30.0 Å². The number of fused-ring (bicyclic) bond motifs is 1. The van der Waals surface area contributed by atoms with Crippen LogP contribution in [0.3, 0.4) is 0 Å². The Morgan fingerprint density at radius 1 is 1.29 bits per heavy atom. The number of amides is 1. The molecule has 1 aliphatic carbocycles. The van der Waals surface area contributed by atoms with Crippen molar-refractivity contribution in [1.82, 2.24) is 24.8 Å². The van der Waals surface area contributed by atoms with Gasteiger partial charge in [0, 0.05) is 50.4 Å². The Kier molecular flexibility index (Phi) is 5.81. The number of aromatic nitrogens is 3. The van der Waals surface area contributed by atoms with Crippen LogP contribution in [0.5, 0.6) is 0 Å². The summed E-state index contributed by atoms with van der Waals surface area (Å²) in [5, 5.41) is 3.41. The number of carbonyl (C=O) groups excluding carboxylic acids is 2. The van der Waals surface area contributed by atoms with Gasteiger partial charge in [0.05, 0.1) is 32.0 Å². The third kappa shape index (κ3) is 4.34. The lowest BCUT2D eigenvalue weighted by Gasteiger charge is -2.20. The molecule has 1 N–H and O–H groups in total. The minimum absolute atomic E-state index is 0.0347. The van der Waals surface area contributed by atoms with Crippen LogP contribution < -0.4 is 10.9 Å². The Bertz CT molecular complexity index is 1060. The molecule has 1 aliphatic heterocycles. The maximum absolute atomic E-state index is 14.1. The second-order valence-electron chi connectivity index (χ2n) is 7.92. The van der Waals surface area contributed by atoms with E-state index >= 15 is 0 Å². The molecule has 0 bridgehead atoms. The van der Waals surface area contributed by atoms with Gasteiger partial charge in [-0.25, -0.2) is 9.37 Å². The molecule has 1 saturated carbocycles. The summed E-state index contributed by atoms with van der Waals surface area (Å²) in [4.78, 5) is 45.7. The van der Waals surface area contributed by atoms with E-state index in [1.807, 2.05) is 0 Å². The van der Waals surface area contributed by atoms with Gasteiger partial charge in [0.2, 0.25) is 5.91 Å². The quantitative estimate of drug-likeness (QED) is 0.638. The smallest absolute Gasteiger partial charge is 0.306 e. The van der Waals surface area contributed by atoms with E-state index in [-0.39, 0.29) is 47.6 Å². The number of ether oxygens (including phenoxy) is 1. The molecule has 2 aromatic rings. The van der Waals surface area contributed by atoms with E-state index in [9.17, 15) is 18.8 Å². The molecule has 2 atom stereocenters. The van der Waals surface area contributed by atoms with Gasteiger partial charge in [-0.05, 0) is 17.9 Å². The third-order valence-electron chi connectivity index (χ3n) is 6.09. The Morgan fingerprint density at radius 3 is 2.71 bits per heavy atom. The Balaban J connectivity index is 1.35. The minimum atomic E-state index is -0.532. The first-order valence-corrected chi connectivity index (χ1v) is 10.1. The van der Waals surface area contributed by atoms with Crippen LogP contribution in [0.2, 0.25) is 0 Å². The summed E-state index contributed by atoms with van der Waals surface area (Å²) >= 11 is 0. The largest absolute Gasteiger partial charge is 0.469 e. The molecule has 164 valence electrons. The predicted octanol–water partition coefficient (Wildman–Crippen LogP) is 0.481. The van der Waals surface area contributed by atoms with Crippen molar-refractivity contribution in [2.45, 2.75) is 25.4 Å². The topological polar surface area (TPSA) is 106 Å². The Hall–Kier alpha value is -3.14. The van der Waals surface area contributed by atoms with Gasteiger partial charge >= 0.3 is 5.97 Å². The molecule has 1 saturated heterocycles. The molecule has 3 heterocycles. The highest BCUT2D eigenvalue weighted by Crippen LogP contribution is 2.45. The number of carbonyl (C=O) groups is 2. The van der Waals surface area contributed by atoms with Crippen molar-refractivity contribution in [3.63, 3.8) is 0 Å². The van der Waals surface area contributed by atoms with Crippen LogP contribution in [-0.2, 0) is 27.9 Å². The second kappa shape index (κ2) is 8.54. The molecule has 2 aliphatic rings. The maximum Gasteiger partial charge on any atom is 0.306 e. The number of pyridine rings is 1. The summed E-state index contributed by atoms with van der Waals surface area (Å²) in [5.74, 6) is 0.252. The van der Waals surface area contributed by atoms with Crippen molar-refractivity contribution in [2.75, 3.05) is 20.2 Å². The molecule has 2 fully saturated rings. The molecular formula is C21H24FN5O4. The zero-order valence-electron chi connectivity index (χ0n) is 17.4. The van der Waals surface area contributed by atoms with Crippen LogP contribution in [0.4, 0.5) is 4.39 Å². The molecular weight excluding hydrogens is 405 g/mol. The maximum atomic E-state index is 14.1. The summed E-state index contributed by atoms with van der Waals surface area (Å²) in [5.41, 5.74) is 0.243. The fraction of sp³-hybridized carbons (Fsp3) is 0.476. The summed E-state index contributed by atoms with van der Waals surface area (Å²) < 4.78 is 20.1. The highest BCUT2D eigenvalue weighted by atomic mass is 19.1. The van der Waals surface area contributed by atoms with Gasteiger partial charge in [-0.3, -0.25) is 23.9 Å². The standard InChI is InChI=1S/C21H24FN5O4/c1-26-17(25-16(7-19(26)29)12-5-6-23-8-15(12)22)9-24-21-13-10-27(11-14(13)21)18(28)3-4-20(30)31-2/h5-8,13-14,21,24H,3-4,9-11H2,1-2H3. The molecule has 0 aromatic carbocycles. The number of nitrogens with zero attached hydrogens (tertiary/aromatic N) is 4. The van der Waals surface area contributed by atoms with Crippen LogP contribution in [0.25, 0.3) is 11.3 Å². The number of nitrogens with one attached hydrogen (secondary N) is 1. The van der Waals surface area contributed by atoms with Crippen molar-refractivity contribution in [1.29, 1.82) is 0 Å². The van der Waals surface area contributed by atoms with Gasteiger partial charge in [-0.2, -0.15) is 0 Å². The summed E-state index contributed by atoms with van der Waals surface area (Å²) in [6, 6.07) is 3.04. The van der Waals surface area contributed by atoms with Crippen LogP contribution in [0.1, 0.15) is 18.7 Å². The van der Waals surface area contributed by atoms with Crippen LogP contribution in [0, 0.1) is 17.7 Å². The fourth-order valence-electron chi connectivity index (χ4n) is 4.18. The van der Waals surface area contributed by atoms with Crippen molar-refractivity contribution >= 4 is 11.9 Å². The molecule has 9 nitrogen and oxygen atoms in total. The first-order valence-electron chi connectivity index (χ1n) is 10.1. The monoisotopic (exact) mass is 429 g/mol. The van der Waals surface area contributed by atoms with Gasteiger partial charge < -0.3 is 15.0 Å². The average Bonchev–Trinajstić information content (AvgIpc) is 3.21. The first-order chi connectivity index (χ1) is 14.9. The van der Waals surface area contributed by atoms with E-state index in [0.717, 1.165) is 6.20 Å². The predicted molar refractivity (Wildman–Crippen MR) is 108 cm³/mol. The van der Waals surface area contributed by atoms with E-state index < -0.39 is 5.82 Å². The van der Waals surface area contributed by atoms with Crippen molar-refractivity contribution in [2.24, 2.45) is 18.9 Å². The number of halogens is 1. The minimum Gasteiger partial charge on any atom is -0.469 e. The van der Waals surface area contributed by atoms with Gasteiger partial charge in [0.25, 0.3) is 5.56 Å². The normalized spacial score (nSPS) is 21.6. The van der Waals surface area contributed by atoms with Crippen molar-refractivity contribution < 1.29 is 18.7 Å². The van der Waals surface area contributed by atoms with Crippen molar-refractivity contribution in [3.8, 4) is 11.3 Å². The molecule has 10 heteroatoms. The SMILES string of the molecule is COC(=O)CCC(=O)N1CC2C(C1)C2NCc1nc(-c2ccncc2F)cc(=O)n1C. The van der Waals surface area contributed by atoms with E-state index in [1.54, 1.807) is 11.9 Å². The summed E-state index contributed by atoms with van der Waals surface area (Å²) in [7, 11) is 2.94. The number of methoxy groups -OCH3 is 1. The van der Waals surface area contributed by atoms with E-state index in [0.29, 0.717) is 37.3 Å².